The summed E-state index contributed by atoms with van der Waals surface area (Å²) in [6.07, 6.45) is 3.29. The van der Waals surface area contributed by atoms with E-state index in [0.29, 0.717) is 16.9 Å². The highest BCUT2D eigenvalue weighted by molar-refractivity contribution is 5.96. The second kappa shape index (κ2) is 10.1. The van der Waals surface area contributed by atoms with Crippen molar-refractivity contribution in [3.8, 4) is 0 Å². The Bertz CT molecular complexity index is 783. The van der Waals surface area contributed by atoms with Crippen molar-refractivity contribution in [2.45, 2.75) is 33.1 Å². The van der Waals surface area contributed by atoms with Crippen LogP contribution in [-0.4, -0.2) is 24.4 Å². The lowest BCUT2D eigenvalue weighted by atomic mass is 10.1. The minimum Gasteiger partial charge on any atom is -0.452 e. The second-order valence-electron chi connectivity index (χ2n) is 6.18. The van der Waals surface area contributed by atoms with Crippen LogP contribution in [0.5, 0.6) is 0 Å². The molecule has 0 aliphatic carbocycles. The second-order valence-corrected chi connectivity index (χ2v) is 6.18. The van der Waals surface area contributed by atoms with E-state index < -0.39 is 11.9 Å². The molecule has 0 spiro atoms. The normalized spacial score (nSPS) is 10.1. The molecule has 2 N–H and O–H groups in total. The van der Waals surface area contributed by atoms with Crippen LogP contribution in [0.3, 0.4) is 0 Å². The zero-order valence-electron chi connectivity index (χ0n) is 15.6. The molecule has 0 unspecified atom stereocenters. The highest BCUT2D eigenvalue weighted by atomic mass is 16.5. The SMILES string of the molecule is CCCCc1ccc(NC(=O)COC(=O)c2ccc(NC(C)=O)cc2)cc1. The van der Waals surface area contributed by atoms with Crippen molar-refractivity contribution in [2.75, 3.05) is 17.2 Å². The number of esters is 1. The fraction of sp³-hybridized carbons (Fsp3) is 0.286. The van der Waals surface area contributed by atoms with E-state index >= 15 is 0 Å². The van der Waals surface area contributed by atoms with E-state index in [4.69, 9.17) is 4.74 Å². The van der Waals surface area contributed by atoms with Crippen LogP contribution >= 0.6 is 0 Å². The van der Waals surface area contributed by atoms with Crippen molar-refractivity contribution < 1.29 is 19.1 Å². The Morgan fingerprint density at radius 3 is 2.07 bits per heavy atom. The average molecular weight is 368 g/mol. The molecule has 0 radical (unpaired) electrons. The van der Waals surface area contributed by atoms with Gasteiger partial charge in [-0.1, -0.05) is 25.5 Å². The molecule has 2 rings (SSSR count). The number of benzene rings is 2. The third-order valence-electron chi connectivity index (χ3n) is 3.83. The molecule has 6 nitrogen and oxygen atoms in total. The topological polar surface area (TPSA) is 84.5 Å². The van der Waals surface area contributed by atoms with Gasteiger partial charge in [0.15, 0.2) is 6.61 Å². The number of anilines is 2. The summed E-state index contributed by atoms with van der Waals surface area (Å²) < 4.78 is 5.02. The molecule has 0 fully saturated rings. The summed E-state index contributed by atoms with van der Waals surface area (Å²) in [4.78, 5) is 34.9. The molecule has 0 aliphatic heterocycles. The molecule has 0 aromatic heterocycles. The van der Waals surface area contributed by atoms with Crippen LogP contribution in [0.2, 0.25) is 0 Å². The van der Waals surface area contributed by atoms with E-state index in [-0.39, 0.29) is 12.5 Å². The van der Waals surface area contributed by atoms with Crippen LogP contribution in [-0.2, 0) is 20.7 Å². The third-order valence-corrected chi connectivity index (χ3v) is 3.83. The Labute approximate surface area is 158 Å². The third kappa shape index (κ3) is 6.93. The van der Waals surface area contributed by atoms with Crippen molar-refractivity contribution in [2.24, 2.45) is 0 Å². The monoisotopic (exact) mass is 368 g/mol. The van der Waals surface area contributed by atoms with Crippen LogP contribution in [0.1, 0.15) is 42.6 Å². The molecule has 0 saturated heterocycles. The number of rotatable bonds is 8. The van der Waals surface area contributed by atoms with Crippen molar-refractivity contribution in [3.63, 3.8) is 0 Å². The summed E-state index contributed by atoms with van der Waals surface area (Å²) >= 11 is 0. The van der Waals surface area contributed by atoms with Gasteiger partial charge in [-0.15, -0.1) is 0 Å². The summed E-state index contributed by atoms with van der Waals surface area (Å²) in [5.41, 5.74) is 2.77. The van der Waals surface area contributed by atoms with Gasteiger partial charge in [0.2, 0.25) is 5.91 Å². The maximum Gasteiger partial charge on any atom is 0.338 e. The first-order valence-electron chi connectivity index (χ1n) is 8.91. The average Bonchev–Trinajstić information content (AvgIpc) is 2.65. The van der Waals surface area contributed by atoms with E-state index in [1.807, 2.05) is 24.3 Å². The zero-order chi connectivity index (χ0) is 19.6. The van der Waals surface area contributed by atoms with Gasteiger partial charge in [0, 0.05) is 18.3 Å². The van der Waals surface area contributed by atoms with E-state index in [9.17, 15) is 14.4 Å². The van der Waals surface area contributed by atoms with Gasteiger partial charge < -0.3 is 15.4 Å². The van der Waals surface area contributed by atoms with Crippen LogP contribution in [0.15, 0.2) is 48.5 Å². The lowest BCUT2D eigenvalue weighted by Gasteiger charge is -2.08. The summed E-state index contributed by atoms with van der Waals surface area (Å²) in [6.45, 7) is 3.18. The lowest BCUT2D eigenvalue weighted by Crippen LogP contribution is -2.21. The minimum absolute atomic E-state index is 0.194. The summed E-state index contributed by atoms with van der Waals surface area (Å²) in [5.74, 6) is -1.20. The molecule has 2 aromatic carbocycles. The Hall–Kier alpha value is -3.15. The highest BCUT2D eigenvalue weighted by Crippen LogP contribution is 2.13. The predicted molar refractivity (Wildman–Crippen MR) is 105 cm³/mol. The molecule has 0 saturated carbocycles. The molecule has 2 aromatic rings. The maximum atomic E-state index is 12.0. The number of aryl methyl sites for hydroxylation is 1. The molecule has 0 atom stereocenters. The Morgan fingerprint density at radius 2 is 1.48 bits per heavy atom. The molecule has 6 heteroatoms. The highest BCUT2D eigenvalue weighted by Gasteiger charge is 2.10. The summed E-state index contributed by atoms with van der Waals surface area (Å²) in [5, 5.41) is 5.31. The van der Waals surface area contributed by atoms with Crippen LogP contribution < -0.4 is 10.6 Å². The number of carbonyl (C=O) groups excluding carboxylic acids is 3. The largest absolute Gasteiger partial charge is 0.452 e. The van der Waals surface area contributed by atoms with E-state index in [0.717, 1.165) is 19.3 Å². The Balaban J connectivity index is 1.80. The van der Waals surface area contributed by atoms with Gasteiger partial charge in [-0.3, -0.25) is 9.59 Å². The molecule has 2 amide bonds. The molecular formula is C21H24N2O4. The quantitative estimate of drug-likeness (QED) is 0.695. The number of nitrogens with one attached hydrogen (secondary N) is 2. The number of amides is 2. The van der Waals surface area contributed by atoms with Gasteiger partial charge in [-0.25, -0.2) is 4.79 Å². The van der Waals surface area contributed by atoms with Crippen LogP contribution in [0.25, 0.3) is 0 Å². The van der Waals surface area contributed by atoms with Crippen molar-refractivity contribution >= 4 is 29.2 Å². The van der Waals surface area contributed by atoms with Gasteiger partial charge in [0.05, 0.1) is 5.56 Å². The van der Waals surface area contributed by atoms with E-state index in [2.05, 4.69) is 17.6 Å². The first-order chi connectivity index (χ1) is 13.0. The first-order valence-corrected chi connectivity index (χ1v) is 8.91. The lowest BCUT2D eigenvalue weighted by molar-refractivity contribution is -0.119. The molecule has 0 aliphatic rings. The van der Waals surface area contributed by atoms with Crippen molar-refractivity contribution in [1.82, 2.24) is 0 Å². The minimum atomic E-state index is -0.602. The zero-order valence-corrected chi connectivity index (χ0v) is 15.6. The predicted octanol–water partition coefficient (Wildman–Crippen LogP) is 3.78. The number of unbranched alkanes of at least 4 members (excludes halogenated alkanes) is 1. The van der Waals surface area contributed by atoms with Crippen LogP contribution in [0.4, 0.5) is 11.4 Å². The molecule has 0 bridgehead atoms. The van der Waals surface area contributed by atoms with Gasteiger partial charge in [-0.05, 0) is 54.8 Å². The van der Waals surface area contributed by atoms with Crippen molar-refractivity contribution in [1.29, 1.82) is 0 Å². The van der Waals surface area contributed by atoms with Gasteiger partial charge in [-0.2, -0.15) is 0 Å². The fourth-order valence-electron chi connectivity index (χ4n) is 2.44. The van der Waals surface area contributed by atoms with Crippen LogP contribution in [0, 0.1) is 0 Å². The number of ether oxygens (including phenoxy) is 1. The summed E-state index contributed by atoms with van der Waals surface area (Å²) in [6, 6.07) is 13.9. The maximum absolute atomic E-state index is 12.0. The fourth-order valence-corrected chi connectivity index (χ4v) is 2.44. The molecule has 27 heavy (non-hydrogen) atoms. The Kier molecular flexibility index (Phi) is 7.55. The van der Waals surface area contributed by atoms with Crippen molar-refractivity contribution in [3.05, 3.63) is 59.7 Å². The van der Waals surface area contributed by atoms with Gasteiger partial charge in [0.1, 0.15) is 0 Å². The number of hydrogen-bond acceptors (Lipinski definition) is 4. The smallest absolute Gasteiger partial charge is 0.338 e. The summed E-state index contributed by atoms with van der Waals surface area (Å²) in [7, 11) is 0. The molecule has 0 heterocycles. The van der Waals surface area contributed by atoms with Gasteiger partial charge >= 0.3 is 5.97 Å². The number of carbonyl (C=O) groups is 3. The number of hydrogen-bond donors (Lipinski definition) is 2. The van der Waals surface area contributed by atoms with E-state index in [1.165, 1.54) is 24.6 Å². The molecular weight excluding hydrogens is 344 g/mol. The Morgan fingerprint density at radius 1 is 0.889 bits per heavy atom. The standard InChI is InChI=1S/C21H24N2O4/c1-3-4-5-16-6-10-19(11-7-16)23-20(25)14-27-21(26)17-8-12-18(13-9-17)22-15(2)24/h6-13H,3-5,14H2,1-2H3,(H,22,24)(H,23,25). The molecule has 142 valence electrons. The van der Waals surface area contributed by atoms with Gasteiger partial charge in [0.25, 0.3) is 5.91 Å². The first kappa shape index (κ1) is 20.2. The van der Waals surface area contributed by atoms with E-state index in [1.54, 1.807) is 12.1 Å².